The van der Waals surface area contributed by atoms with Gasteiger partial charge < -0.3 is 15.4 Å². The molecule has 1 aliphatic heterocycles. The molecule has 3 atom stereocenters. The maximum absolute atomic E-state index is 6.41. The van der Waals surface area contributed by atoms with Crippen LogP contribution in [0.1, 0.15) is 46.5 Å². The Hall–Kier alpha value is -0.120. The fourth-order valence-corrected chi connectivity index (χ4v) is 3.63. The van der Waals surface area contributed by atoms with Crippen LogP contribution >= 0.6 is 0 Å². The summed E-state index contributed by atoms with van der Waals surface area (Å²) in [6.07, 6.45) is 5.53. The molecule has 2 aliphatic rings. The molecule has 2 fully saturated rings. The summed E-state index contributed by atoms with van der Waals surface area (Å²) in [6.45, 7) is 11.1. The summed E-state index contributed by atoms with van der Waals surface area (Å²) in [7, 11) is 0. The molecule has 0 spiro atoms. The maximum atomic E-state index is 6.41. The molecule has 0 aromatic rings. The van der Waals surface area contributed by atoms with Crippen molar-refractivity contribution in [2.75, 3.05) is 26.2 Å². The van der Waals surface area contributed by atoms with E-state index in [0.717, 1.165) is 13.2 Å². The van der Waals surface area contributed by atoms with E-state index in [-0.39, 0.29) is 0 Å². The van der Waals surface area contributed by atoms with Crippen molar-refractivity contribution >= 4 is 0 Å². The van der Waals surface area contributed by atoms with Crippen molar-refractivity contribution in [2.24, 2.45) is 17.1 Å². The first-order valence-electron chi connectivity index (χ1n) is 7.62. The van der Waals surface area contributed by atoms with Crippen molar-refractivity contribution < 1.29 is 4.74 Å². The van der Waals surface area contributed by atoms with Crippen molar-refractivity contribution in [3.63, 3.8) is 0 Å². The average Bonchev–Trinajstić information content (AvgIpc) is 2.57. The van der Waals surface area contributed by atoms with Gasteiger partial charge in [-0.3, -0.25) is 0 Å². The van der Waals surface area contributed by atoms with Crippen molar-refractivity contribution in [1.82, 2.24) is 4.90 Å². The Labute approximate surface area is 112 Å². The Bertz CT molecular complexity index is 265. The van der Waals surface area contributed by atoms with Gasteiger partial charge in [0.05, 0.1) is 6.10 Å². The van der Waals surface area contributed by atoms with E-state index < -0.39 is 0 Å². The molecule has 0 aromatic heterocycles. The second-order valence-corrected chi connectivity index (χ2v) is 6.79. The van der Waals surface area contributed by atoms with Crippen LogP contribution in [-0.4, -0.2) is 43.3 Å². The molecule has 2 rings (SSSR count). The molecule has 3 heteroatoms. The molecule has 3 unspecified atom stereocenters. The van der Waals surface area contributed by atoms with Gasteiger partial charge in [-0.2, -0.15) is 0 Å². The topological polar surface area (TPSA) is 38.5 Å². The lowest BCUT2D eigenvalue weighted by atomic mass is 9.85. The summed E-state index contributed by atoms with van der Waals surface area (Å²) in [5, 5.41) is 0. The molecular weight excluding hydrogens is 224 g/mol. The number of ether oxygens (including phenoxy) is 1. The van der Waals surface area contributed by atoms with Crippen LogP contribution in [0.5, 0.6) is 0 Å². The molecule has 1 aliphatic carbocycles. The quantitative estimate of drug-likeness (QED) is 0.836. The van der Waals surface area contributed by atoms with Crippen molar-refractivity contribution in [3.8, 4) is 0 Å². The number of nitrogens with two attached hydrogens (primary N) is 1. The van der Waals surface area contributed by atoms with E-state index in [0.29, 0.717) is 23.5 Å². The molecule has 1 heterocycles. The second kappa shape index (κ2) is 5.89. The summed E-state index contributed by atoms with van der Waals surface area (Å²) in [4.78, 5) is 2.58. The zero-order valence-corrected chi connectivity index (χ0v) is 12.3. The normalized spacial score (nSPS) is 37.0. The van der Waals surface area contributed by atoms with E-state index in [1.807, 2.05) is 0 Å². The molecule has 0 bridgehead atoms. The van der Waals surface area contributed by atoms with Gasteiger partial charge in [0.2, 0.25) is 0 Å². The highest BCUT2D eigenvalue weighted by Crippen LogP contribution is 2.40. The average molecular weight is 254 g/mol. The molecule has 0 aromatic carbocycles. The standard InChI is InChI=1S/C15H30N2O/c1-4-18-13-6-5-9-17(11-13)10-12-7-8-15(2,3)14(12)16/h12-14H,4-11,16H2,1-3H3. The number of piperidine rings is 1. The van der Waals surface area contributed by atoms with E-state index in [9.17, 15) is 0 Å². The third kappa shape index (κ3) is 3.25. The number of hydrogen-bond donors (Lipinski definition) is 1. The predicted molar refractivity (Wildman–Crippen MR) is 75.6 cm³/mol. The largest absolute Gasteiger partial charge is 0.377 e. The SMILES string of the molecule is CCOC1CCCN(CC2CCC(C)(C)C2N)C1. The molecule has 18 heavy (non-hydrogen) atoms. The summed E-state index contributed by atoms with van der Waals surface area (Å²) in [5.41, 5.74) is 6.74. The van der Waals surface area contributed by atoms with Crippen LogP contribution in [0.2, 0.25) is 0 Å². The fraction of sp³-hybridized carbons (Fsp3) is 1.00. The van der Waals surface area contributed by atoms with Crippen molar-refractivity contribution in [3.05, 3.63) is 0 Å². The first kappa shape index (κ1) is 14.3. The van der Waals surface area contributed by atoms with Crippen LogP contribution in [0.4, 0.5) is 0 Å². The van der Waals surface area contributed by atoms with E-state index in [2.05, 4.69) is 25.7 Å². The van der Waals surface area contributed by atoms with Crippen LogP contribution in [0, 0.1) is 11.3 Å². The minimum Gasteiger partial charge on any atom is -0.377 e. The van der Waals surface area contributed by atoms with Gasteiger partial charge in [0, 0.05) is 25.7 Å². The van der Waals surface area contributed by atoms with E-state index in [1.165, 1.54) is 38.8 Å². The third-order valence-corrected chi connectivity index (χ3v) is 4.93. The number of rotatable bonds is 4. The molecule has 1 saturated carbocycles. The lowest BCUT2D eigenvalue weighted by Crippen LogP contribution is -2.46. The summed E-state index contributed by atoms with van der Waals surface area (Å²) in [6, 6.07) is 0.366. The number of nitrogens with zero attached hydrogens (tertiary/aromatic N) is 1. The minimum absolute atomic E-state index is 0.333. The van der Waals surface area contributed by atoms with Gasteiger partial charge in [0.1, 0.15) is 0 Å². The number of hydrogen-bond acceptors (Lipinski definition) is 3. The smallest absolute Gasteiger partial charge is 0.0702 e. The van der Waals surface area contributed by atoms with Gasteiger partial charge in [0.15, 0.2) is 0 Å². The van der Waals surface area contributed by atoms with Crippen molar-refractivity contribution in [2.45, 2.75) is 58.6 Å². The second-order valence-electron chi connectivity index (χ2n) is 6.79. The molecule has 2 N–H and O–H groups in total. The third-order valence-electron chi connectivity index (χ3n) is 4.93. The van der Waals surface area contributed by atoms with E-state index in [4.69, 9.17) is 10.5 Å². The Balaban J connectivity index is 1.83. The molecular formula is C15H30N2O. The molecule has 3 nitrogen and oxygen atoms in total. The lowest BCUT2D eigenvalue weighted by Gasteiger charge is -2.36. The Morgan fingerprint density at radius 1 is 1.33 bits per heavy atom. The monoisotopic (exact) mass is 254 g/mol. The van der Waals surface area contributed by atoms with E-state index in [1.54, 1.807) is 0 Å². The zero-order chi connectivity index (χ0) is 13.2. The summed E-state index contributed by atoms with van der Waals surface area (Å²) >= 11 is 0. The van der Waals surface area contributed by atoms with Crippen LogP contribution in [-0.2, 0) is 4.74 Å². The highest BCUT2D eigenvalue weighted by Gasteiger charge is 2.40. The highest BCUT2D eigenvalue weighted by atomic mass is 16.5. The van der Waals surface area contributed by atoms with Gasteiger partial charge in [-0.25, -0.2) is 0 Å². The van der Waals surface area contributed by atoms with Crippen LogP contribution < -0.4 is 5.73 Å². The summed E-state index contributed by atoms with van der Waals surface area (Å²) < 4.78 is 5.77. The Kier molecular flexibility index (Phi) is 4.68. The summed E-state index contributed by atoms with van der Waals surface area (Å²) in [5.74, 6) is 0.681. The number of likely N-dealkylation sites (tertiary alicyclic amines) is 1. The predicted octanol–water partition coefficient (Wildman–Crippen LogP) is 2.25. The molecule has 0 amide bonds. The molecule has 0 radical (unpaired) electrons. The van der Waals surface area contributed by atoms with Crippen LogP contribution in [0.25, 0.3) is 0 Å². The van der Waals surface area contributed by atoms with Gasteiger partial charge in [-0.1, -0.05) is 13.8 Å². The fourth-order valence-electron chi connectivity index (χ4n) is 3.63. The van der Waals surface area contributed by atoms with Crippen LogP contribution in [0.15, 0.2) is 0 Å². The van der Waals surface area contributed by atoms with E-state index >= 15 is 0 Å². The molecule has 1 saturated heterocycles. The zero-order valence-electron chi connectivity index (χ0n) is 12.3. The Morgan fingerprint density at radius 2 is 2.11 bits per heavy atom. The highest BCUT2D eigenvalue weighted by molar-refractivity contribution is 4.95. The molecule has 106 valence electrons. The minimum atomic E-state index is 0.333. The van der Waals surface area contributed by atoms with Gasteiger partial charge in [-0.05, 0) is 50.5 Å². The van der Waals surface area contributed by atoms with Crippen molar-refractivity contribution in [1.29, 1.82) is 0 Å². The maximum Gasteiger partial charge on any atom is 0.0702 e. The van der Waals surface area contributed by atoms with Gasteiger partial charge in [0.25, 0.3) is 0 Å². The van der Waals surface area contributed by atoms with Crippen LogP contribution in [0.3, 0.4) is 0 Å². The van der Waals surface area contributed by atoms with Gasteiger partial charge >= 0.3 is 0 Å². The first-order valence-corrected chi connectivity index (χ1v) is 7.62. The Morgan fingerprint density at radius 3 is 2.72 bits per heavy atom. The first-order chi connectivity index (χ1) is 8.53. The lowest BCUT2D eigenvalue weighted by molar-refractivity contribution is 0.000954. The van der Waals surface area contributed by atoms with Gasteiger partial charge in [-0.15, -0.1) is 0 Å².